The molecule has 2 aromatic rings. The lowest BCUT2D eigenvalue weighted by atomic mass is 10.1. The number of hydrogen-bond donors (Lipinski definition) is 1. The zero-order chi connectivity index (χ0) is 10.8. The number of aromatic nitrogens is 2. The summed E-state index contributed by atoms with van der Waals surface area (Å²) >= 11 is 1.51. The van der Waals surface area contributed by atoms with E-state index in [2.05, 4.69) is 16.5 Å². The van der Waals surface area contributed by atoms with Crippen molar-refractivity contribution < 1.29 is 5.11 Å². The van der Waals surface area contributed by atoms with Crippen molar-refractivity contribution in [3.8, 4) is 10.6 Å². The zero-order valence-electron chi connectivity index (χ0n) is 8.27. The molecule has 2 rings (SSSR count). The van der Waals surface area contributed by atoms with Gasteiger partial charge in [-0.1, -0.05) is 6.58 Å². The average Bonchev–Trinajstić information content (AvgIpc) is 2.70. The molecule has 2 aromatic heterocycles. The molecule has 0 atom stereocenters. The van der Waals surface area contributed by atoms with E-state index >= 15 is 0 Å². The van der Waals surface area contributed by atoms with Crippen molar-refractivity contribution in [3.05, 3.63) is 41.7 Å². The molecule has 0 bridgehead atoms. The highest BCUT2D eigenvalue weighted by atomic mass is 32.1. The predicted molar refractivity (Wildman–Crippen MR) is 61.7 cm³/mol. The molecule has 76 valence electrons. The van der Waals surface area contributed by atoms with Gasteiger partial charge in [-0.2, -0.15) is 0 Å². The summed E-state index contributed by atoms with van der Waals surface area (Å²) in [5.41, 5.74) is 2.17. The standard InChI is InChI=1S/C11H10N2OS/c1-7-3-4-9(10(13-7)8(2)14)11-12-5-6-15-11/h3-6,14H,2H2,1H3. The normalized spacial score (nSPS) is 10.2. The lowest BCUT2D eigenvalue weighted by Crippen LogP contribution is -1.94. The third-order valence-corrected chi connectivity index (χ3v) is 2.78. The second kappa shape index (κ2) is 3.82. The Kier molecular flexibility index (Phi) is 2.51. The molecule has 15 heavy (non-hydrogen) atoms. The molecule has 0 aliphatic rings. The van der Waals surface area contributed by atoms with Gasteiger partial charge < -0.3 is 5.11 Å². The minimum absolute atomic E-state index is 0.0242. The van der Waals surface area contributed by atoms with Crippen LogP contribution in [-0.4, -0.2) is 15.1 Å². The van der Waals surface area contributed by atoms with Crippen molar-refractivity contribution in [2.24, 2.45) is 0 Å². The van der Waals surface area contributed by atoms with Crippen LogP contribution in [-0.2, 0) is 0 Å². The minimum Gasteiger partial charge on any atom is -0.506 e. The summed E-state index contributed by atoms with van der Waals surface area (Å²) in [7, 11) is 0. The molecule has 4 heteroatoms. The molecule has 0 aliphatic heterocycles. The molecule has 3 nitrogen and oxygen atoms in total. The van der Waals surface area contributed by atoms with Crippen LogP contribution in [0.2, 0.25) is 0 Å². The van der Waals surface area contributed by atoms with Gasteiger partial charge in [0.1, 0.15) is 16.5 Å². The van der Waals surface area contributed by atoms with Crippen LogP contribution < -0.4 is 0 Å². The second-order valence-corrected chi connectivity index (χ2v) is 4.03. The number of aliphatic hydroxyl groups excluding tert-OH is 1. The van der Waals surface area contributed by atoms with Crippen molar-refractivity contribution >= 4 is 17.1 Å². The van der Waals surface area contributed by atoms with Gasteiger partial charge in [0.15, 0.2) is 0 Å². The lowest BCUT2D eigenvalue weighted by Gasteiger charge is -2.05. The molecule has 0 saturated heterocycles. The first-order chi connectivity index (χ1) is 7.18. The van der Waals surface area contributed by atoms with Gasteiger partial charge in [-0.3, -0.25) is 0 Å². The highest BCUT2D eigenvalue weighted by Gasteiger charge is 2.11. The van der Waals surface area contributed by atoms with Crippen LogP contribution in [0.3, 0.4) is 0 Å². The van der Waals surface area contributed by atoms with Crippen LogP contribution in [0.15, 0.2) is 30.3 Å². The minimum atomic E-state index is -0.0242. The zero-order valence-corrected chi connectivity index (χ0v) is 9.08. The van der Waals surface area contributed by atoms with E-state index in [0.717, 1.165) is 16.3 Å². The Morgan fingerprint density at radius 1 is 1.47 bits per heavy atom. The molecule has 0 aliphatic carbocycles. The van der Waals surface area contributed by atoms with Gasteiger partial charge in [0.05, 0.1) is 0 Å². The fraction of sp³-hybridized carbons (Fsp3) is 0.0909. The molecule has 0 fully saturated rings. The summed E-state index contributed by atoms with van der Waals surface area (Å²) in [6.07, 6.45) is 1.73. The van der Waals surface area contributed by atoms with E-state index in [1.807, 2.05) is 24.4 Å². The number of aryl methyl sites for hydroxylation is 1. The Morgan fingerprint density at radius 2 is 2.27 bits per heavy atom. The van der Waals surface area contributed by atoms with Crippen molar-refractivity contribution in [3.63, 3.8) is 0 Å². The molecule has 0 spiro atoms. The Hall–Kier alpha value is -1.68. The van der Waals surface area contributed by atoms with E-state index in [-0.39, 0.29) is 5.76 Å². The van der Waals surface area contributed by atoms with Gasteiger partial charge in [-0.05, 0) is 19.1 Å². The largest absolute Gasteiger partial charge is 0.506 e. The highest BCUT2D eigenvalue weighted by Crippen LogP contribution is 2.27. The van der Waals surface area contributed by atoms with Crippen molar-refractivity contribution in [1.29, 1.82) is 0 Å². The van der Waals surface area contributed by atoms with E-state index < -0.39 is 0 Å². The van der Waals surface area contributed by atoms with E-state index in [1.54, 1.807) is 6.20 Å². The topological polar surface area (TPSA) is 46.0 Å². The molecule has 0 unspecified atom stereocenters. The van der Waals surface area contributed by atoms with Gasteiger partial charge >= 0.3 is 0 Å². The maximum Gasteiger partial charge on any atom is 0.134 e. The number of nitrogens with zero attached hydrogens (tertiary/aromatic N) is 2. The number of hydrogen-bond acceptors (Lipinski definition) is 4. The molecule has 0 amide bonds. The molecule has 0 radical (unpaired) electrons. The summed E-state index contributed by atoms with van der Waals surface area (Å²) in [5, 5.41) is 12.2. The monoisotopic (exact) mass is 218 g/mol. The smallest absolute Gasteiger partial charge is 0.134 e. The summed E-state index contributed by atoms with van der Waals surface area (Å²) in [6.45, 7) is 5.38. The third kappa shape index (κ3) is 1.89. The fourth-order valence-corrected chi connectivity index (χ4v) is 1.97. The summed E-state index contributed by atoms with van der Waals surface area (Å²) < 4.78 is 0. The van der Waals surface area contributed by atoms with Crippen LogP contribution in [0.5, 0.6) is 0 Å². The van der Waals surface area contributed by atoms with Crippen LogP contribution in [0.1, 0.15) is 11.4 Å². The average molecular weight is 218 g/mol. The Balaban J connectivity index is 2.61. The summed E-state index contributed by atoms with van der Waals surface area (Å²) in [6, 6.07) is 3.79. The number of thiazole rings is 1. The van der Waals surface area contributed by atoms with Crippen molar-refractivity contribution in [2.75, 3.05) is 0 Å². The van der Waals surface area contributed by atoms with Gasteiger partial charge in [0.2, 0.25) is 0 Å². The van der Waals surface area contributed by atoms with E-state index in [1.165, 1.54) is 11.3 Å². The maximum absolute atomic E-state index is 9.45. The molecular weight excluding hydrogens is 208 g/mol. The van der Waals surface area contributed by atoms with Crippen LogP contribution >= 0.6 is 11.3 Å². The van der Waals surface area contributed by atoms with Gasteiger partial charge in [-0.25, -0.2) is 9.97 Å². The first-order valence-corrected chi connectivity index (χ1v) is 5.32. The van der Waals surface area contributed by atoms with Crippen LogP contribution in [0.4, 0.5) is 0 Å². The molecule has 1 N–H and O–H groups in total. The van der Waals surface area contributed by atoms with Gasteiger partial charge in [0, 0.05) is 22.8 Å². The molecule has 0 saturated carbocycles. The summed E-state index contributed by atoms with van der Waals surface area (Å²) in [4.78, 5) is 8.43. The van der Waals surface area contributed by atoms with E-state index in [0.29, 0.717) is 5.69 Å². The highest BCUT2D eigenvalue weighted by molar-refractivity contribution is 7.13. The van der Waals surface area contributed by atoms with Crippen LogP contribution in [0, 0.1) is 6.92 Å². The molecule has 0 aromatic carbocycles. The number of aliphatic hydroxyl groups is 1. The van der Waals surface area contributed by atoms with E-state index in [4.69, 9.17) is 0 Å². The van der Waals surface area contributed by atoms with Crippen molar-refractivity contribution in [1.82, 2.24) is 9.97 Å². The SMILES string of the molecule is C=C(O)c1nc(C)ccc1-c1nccs1. The Labute approximate surface area is 91.8 Å². The lowest BCUT2D eigenvalue weighted by molar-refractivity contribution is 0.510. The molecule has 2 heterocycles. The number of rotatable bonds is 2. The fourth-order valence-electron chi connectivity index (χ4n) is 1.31. The summed E-state index contributed by atoms with van der Waals surface area (Å²) in [5.74, 6) is -0.0242. The van der Waals surface area contributed by atoms with E-state index in [9.17, 15) is 5.11 Å². The quantitative estimate of drug-likeness (QED) is 0.788. The first-order valence-electron chi connectivity index (χ1n) is 4.44. The maximum atomic E-state index is 9.45. The van der Waals surface area contributed by atoms with Gasteiger partial charge in [0.25, 0.3) is 0 Å². The third-order valence-electron chi connectivity index (χ3n) is 1.97. The second-order valence-electron chi connectivity index (χ2n) is 3.13. The van der Waals surface area contributed by atoms with Gasteiger partial charge in [-0.15, -0.1) is 11.3 Å². The Bertz CT molecular complexity index is 491. The predicted octanol–water partition coefficient (Wildman–Crippen LogP) is 3.04. The van der Waals surface area contributed by atoms with Crippen molar-refractivity contribution in [2.45, 2.75) is 6.92 Å². The van der Waals surface area contributed by atoms with Crippen LogP contribution in [0.25, 0.3) is 16.3 Å². The first kappa shape index (κ1) is 9.86. The molecular formula is C11H10N2OS. The number of pyridine rings is 1. The Morgan fingerprint density at radius 3 is 2.87 bits per heavy atom.